The maximum Gasteiger partial charge on any atom is 0.328 e. The summed E-state index contributed by atoms with van der Waals surface area (Å²) in [5.41, 5.74) is 1.38. The van der Waals surface area contributed by atoms with Gasteiger partial charge in [0.15, 0.2) is 0 Å². The average Bonchev–Trinajstić information content (AvgIpc) is 2.46. The molecule has 21 heavy (non-hydrogen) atoms. The minimum absolute atomic E-state index is 0.287. The van der Waals surface area contributed by atoms with E-state index >= 15 is 0 Å². The number of hydrogen-bond acceptors (Lipinski definition) is 3. The fourth-order valence-corrected chi connectivity index (χ4v) is 1.90. The molecule has 6 heteroatoms. The van der Waals surface area contributed by atoms with Gasteiger partial charge in [0.1, 0.15) is 0 Å². The summed E-state index contributed by atoms with van der Waals surface area (Å²) in [6, 6.07) is 6.56. The van der Waals surface area contributed by atoms with Gasteiger partial charge < -0.3 is 15.7 Å². The molecule has 0 aromatic heterocycles. The zero-order chi connectivity index (χ0) is 15.5. The molecule has 3 N–H and O–H groups in total. The van der Waals surface area contributed by atoms with E-state index in [-0.39, 0.29) is 6.03 Å². The highest BCUT2D eigenvalue weighted by molar-refractivity contribution is 7.99. The zero-order valence-electron chi connectivity index (χ0n) is 11.3. The molecule has 0 atom stereocenters. The molecule has 1 aromatic carbocycles. The number of anilines is 1. The van der Waals surface area contributed by atoms with Gasteiger partial charge in [-0.05, 0) is 23.8 Å². The van der Waals surface area contributed by atoms with Crippen LogP contribution in [0.1, 0.15) is 5.56 Å². The van der Waals surface area contributed by atoms with Gasteiger partial charge in [0, 0.05) is 24.1 Å². The topological polar surface area (TPSA) is 78.4 Å². The van der Waals surface area contributed by atoms with Gasteiger partial charge in [0.05, 0.1) is 5.75 Å². The summed E-state index contributed by atoms with van der Waals surface area (Å²) in [6.45, 7) is 0.539. The minimum Gasteiger partial charge on any atom is -0.478 e. The first kappa shape index (κ1) is 16.7. The molecule has 2 amide bonds. The van der Waals surface area contributed by atoms with Crippen LogP contribution in [0.25, 0.3) is 6.08 Å². The Morgan fingerprint density at radius 1 is 1.33 bits per heavy atom. The van der Waals surface area contributed by atoms with Crippen LogP contribution in [0.4, 0.5) is 10.5 Å². The number of amides is 2. The molecule has 0 saturated carbocycles. The van der Waals surface area contributed by atoms with Crippen LogP contribution >= 0.6 is 11.8 Å². The van der Waals surface area contributed by atoms with Crippen LogP contribution in [-0.4, -0.2) is 35.2 Å². The number of nitrogens with one attached hydrogen (secondary N) is 2. The number of thioether (sulfide) groups is 1. The maximum absolute atomic E-state index is 11.6. The largest absolute Gasteiger partial charge is 0.478 e. The van der Waals surface area contributed by atoms with Crippen molar-refractivity contribution in [3.63, 3.8) is 0 Å². The second-order valence-electron chi connectivity index (χ2n) is 3.93. The molecule has 1 rings (SSSR count). The number of terminal acetylenes is 1. The summed E-state index contributed by atoms with van der Waals surface area (Å²) < 4.78 is 0. The van der Waals surface area contributed by atoms with E-state index in [1.54, 1.807) is 36.0 Å². The number of carbonyl (C=O) groups excluding carboxylic acids is 1. The zero-order valence-corrected chi connectivity index (χ0v) is 12.2. The third kappa shape index (κ3) is 7.70. The molecule has 0 fully saturated rings. The minimum atomic E-state index is -1.00. The van der Waals surface area contributed by atoms with Crippen molar-refractivity contribution >= 4 is 35.5 Å². The molecule has 0 aliphatic heterocycles. The summed E-state index contributed by atoms with van der Waals surface area (Å²) in [6.07, 6.45) is 7.65. The van der Waals surface area contributed by atoms with Crippen LogP contribution < -0.4 is 10.6 Å². The average molecular weight is 304 g/mol. The van der Waals surface area contributed by atoms with Crippen LogP contribution in [0.15, 0.2) is 30.3 Å². The Kier molecular flexibility index (Phi) is 7.54. The monoisotopic (exact) mass is 304 g/mol. The highest BCUT2D eigenvalue weighted by Gasteiger charge is 2.00. The Balaban J connectivity index is 2.36. The molecule has 0 saturated heterocycles. The third-order valence-electron chi connectivity index (χ3n) is 2.30. The molecular formula is C15H16N2O3S. The number of rotatable bonds is 7. The highest BCUT2D eigenvalue weighted by Crippen LogP contribution is 2.10. The van der Waals surface area contributed by atoms with Gasteiger partial charge in [-0.1, -0.05) is 18.1 Å². The first-order valence-corrected chi connectivity index (χ1v) is 7.34. The molecule has 0 unspecified atom stereocenters. The number of carbonyl (C=O) groups is 2. The first-order chi connectivity index (χ1) is 10.1. The van der Waals surface area contributed by atoms with Crippen LogP contribution in [0.5, 0.6) is 0 Å². The van der Waals surface area contributed by atoms with Gasteiger partial charge in [0.25, 0.3) is 0 Å². The summed E-state index contributed by atoms with van der Waals surface area (Å²) in [5, 5.41) is 13.9. The molecule has 0 aliphatic carbocycles. The lowest BCUT2D eigenvalue weighted by Crippen LogP contribution is -2.30. The van der Waals surface area contributed by atoms with Gasteiger partial charge in [-0.25, -0.2) is 9.59 Å². The molecular weight excluding hydrogens is 288 g/mol. The summed E-state index contributed by atoms with van der Waals surface area (Å²) in [5.74, 6) is 2.90. The van der Waals surface area contributed by atoms with Gasteiger partial charge in [0.2, 0.25) is 0 Å². The van der Waals surface area contributed by atoms with Gasteiger partial charge in [-0.2, -0.15) is 0 Å². The van der Waals surface area contributed by atoms with E-state index in [0.29, 0.717) is 18.0 Å². The molecule has 0 heterocycles. The molecule has 0 aliphatic rings. The van der Waals surface area contributed by atoms with Crippen molar-refractivity contribution in [3.8, 4) is 12.3 Å². The third-order valence-corrected chi connectivity index (χ3v) is 3.17. The molecule has 110 valence electrons. The van der Waals surface area contributed by atoms with Crippen LogP contribution in [0.2, 0.25) is 0 Å². The van der Waals surface area contributed by atoms with Crippen LogP contribution in [-0.2, 0) is 4.79 Å². The molecule has 0 spiro atoms. The Morgan fingerprint density at radius 2 is 2.05 bits per heavy atom. The van der Waals surface area contributed by atoms with E-state index in [2.05, 4.69) is 16.6 Å². The van der Waals surface area contributed by atoms with Crippen molar-refractivity contribution < 1.29 is 14.7 Å². The van der Waals surface area contributed by atoms with E-state index in [4.69, 9.17) is 11.5 Å². The van der Waals surface area contributed by atoms with Gasteiger partial charge >= 0.3 is 12.0 Å². The molecule has 5 nitrogen and oxygen atoms in total. The van der Waals surface area contributed by atoms with Crippen molar-refractivity contribution in [2.75, 3.05) is 23.4 Å². The SMILES string of the molecule is C#CCSCCNC(=O)Nc1ccc(/C=C/C(=O)O)cc1. The van der Waals surface area contributed by atoms with E-state index in [0.717, 1.165) is 17.4 Å². The Bertz CT molecular complexity index is 547. The lowest BCUT2D eigenvalue weighted by molar-refractivity contribution is -0.131. The number of aliphatic carboxylic acids is 1. The normalized spacial score (nSPS) is 10.0. The van der Waals surface area contributed by atoms with E-state index in [1.807, 2.05) is 0 Å². The van der Waals surface area contributed by atoms with Crippen molar-refractivity contribution in [1.82, 2.24) is 5.32 Å². The predicted octanol–water partition coefficient (Wildman–Crippen LogP) is 2.27. The van der Waals surface area contributed by atoms with Gasteiger partial charge in [-0.3, -0.25) is 0 Å². The number of hydrogen-bond donors (Lipinski definition) is 3. The van der Waals surface area contributed by atoms with Gasteiger partial charge in [-0.15, -0.1) is 18.2 Å². The lowest BCUT2D eigenvalue weighted by Gasteiger charge is -2.07. The van der Waals surface area contributed by atoms with E-state index in [9.17, 15) is 9.59 Å². The van der Waals surface area contributed by atoms with Crippen molar-refractivity contribution in [1.29, 1.82) is 0 Å². The summed E-state index contributed by atoms with van der Waals surface area (Å²) in [7, 11) is 0. The Morgan fingerprint density at radius 3 is 2.67 bits per heavy atom. The summed E-state index contributed by atoms with van der Waals surface area (Å²) >= 11 is 1.58. The Hall–Kier alpha value is -2.39. The lowest BCUT2D eigenvalue weighted by atomic mass is 10.2. The van der Waals surface area contributed by atoms with Crippen molar-refractivity contribution in [3.05, 3.63) is 35.9 Å². The quantitative estimate of drug-likeness (QED) is 0.410. The van der Waals surface area contributed by atoms with E-state index < -0.39 is 5.97 Å². The first-order valence-electron chi connectivity index (χ1n) is 6.19. The Labute approximate surface area is 127 Å². The maximum atomic E-state index is 11.6. The van der Waals surface area contributed by atoms with Crippen LogP contribution in [0.3, 0.4) is 0 Å². The number of carboxylic acids is 1. The van der Waals surface area contributed by atoms with E-state index in [1.165, 1.54) is 6.08 Å². The second kappa shape index (κ2) is 9.50. The fraction of sp³-hybridized carbons (Fsp3) is 0.200. The highest BCUT2D eigenvalue weighted by atomic mass is 32.2. The molecule has 1 aromatic rings. The smallest absolute Gasteiger partial charge is 0.328 e. The summed E-state index contributed by atoms with van der Waals surface area (Å²) in [4.78, 5) is 22.0. The predicted molar refractivity (Wildman–Crippen MR) is 86.3 cm³/mol. The molecule has 0 radical (unpaired) electrons. The number of benzene rings is 1. The standard InChI is InChI=1S/C15H16N2O3S/c1-2-10-21-11-9-16-15(20)17-13-6-3-12(4-7-13)5-8-14(18)19/h1,3-8H,9-11H2,(H,18,19)(H2,16,17,20)/b8-5+. The number of carboxylic acid groups (broad SMARTS) is 1. The van der Waals surface area contributed by atoms with Crippen molar-refractivity contribution in [2.24, 2.45) is 0 Å². The second-order valence-corrected chi connectivity index (χ2v) is 5.04. The van der Waals surface area contributed by atoms with Crippen LogP contribution in [0, 0.1) is 12.3 Å². The fourth-order valence-electron chi connectivity index (χ4n) is 1.39. The molecule has 0 bridgehead atoms. The number of urea groups is 1. The van der Waals surface area contributed by atoms with Crippen molar-refractivity contribution in [2.45, 2.75) is 0 Å².